The van der Waals surface area contributed by atoms with Crippen LogP contribution in [-0.2, 0) is 12.7 Å². The summed E-state index contributed by atoms with van der Waals surface area (Å²) < 4.78 is 0. The summed E-state index contributed by atoms with van der Waals surface area (Å²) in [6.07, 6.45) is 14.8. The van der Waals surface area contributed by atoms with Crippen LogP contribution in [-0.4, -0.2) is 35.0 Å². The first-order valence-corrected chi connectivity index (χ1v) is 18.6. The maximum absolute atomic E-state index is 4.70. The molecule has 0 rings (SSSR count). The van der Waals surface area contributed by atoms with Gasteiger partial charge in [-0.25, -0.2) is 0 Å². The molecular formula is C26H56Cl2NiP2+2. The molecule has 0 bridgehead atoms. The Labute approximate surface area is 215 Å². The second-order valence-electron chi connectivity index (χ2n) is 10.4. The van der Waals surface area contributed by atoms with Crippen LogP contribution in [0.15, 0.2) is 24.3 Å². The minimum atomic E-state index is -0.163. The van der Waals surface area contributed by atoms with Crippen LogP contribution in [0.25, 0.3) is 0 Å². The number of halogens is 2. The van der Waals surface area contributed by atoms with E-state index in [1.54, 1.807) is 0 Å². The Morgan fingerprint density at radius 2 is 0.742 bits per heavy atom. The molecule has 5 heteroatoms. The molecule has 0 aliphatic carbocycles. The molecule has 192 valence electrons. The van der Waals surface area contributed by atoms with Gasteiger partial charge in [0.2, 0.25) is 0 Å². The van der Waals surface area contributed by atoms with Crippen LogP contribution in [0.2, 0.25) is 0 Å². The topological polar surface area (TPSA) is 0 Å². The maximum atomic E-state index is 4.70. The second kappa shape index (κ2) is 24.5. The SMILES string of the molecule is CC(C)CC=CC[PH+](C(C)C)C(C)C.CC(C)CC=CC[PH+](C(C)C)C(C)C.[Cl][Ni][Cl]. The molecule has 0 radical (unpaired) electrons. The van der Waals surface area contributed by atoms with Gasteiger partial charge in [0.25, 0.3) is 0 Å². The summed E-state index contributed by atoms with van der Waals surface area (Å²) in [6, 6.07) is 0. The van der Waals surface area contributed by atoms with Crippen LogP contribution in [0, 0.1) is 11.8 Å². The number of hydrogen-bond acceptors (Lipinski definition) is 0. The molecule has 0 spiro atoms. The Morgan fingerprint density at radius 3 is 0.903 bits per heavy atom. The Morgan fingerprint density at radius 1 is 0.516 bits per heavy atom. The zero-order valence-electron chi connectivity index (χ0n) is 22.7. The summed E-state index contributed by atoms with van der Waals surface area (Å²) in [5, 5.41) is 0. The monoisotopic (exact) mass is 558 g/mol. The van der Waals surface area contributed by atoms with Crippen molar-refractivity contribution < 1.29 is 12.7 Å². The first-order valence-electron chi connectivity index (χ1n) is 12.1. The van der Waals surface area contributed by atoms with Crippen molar-refractivity contribution in [1.29, 1.82) is 0 Å². The van der Waals surface area contributed by atoms with Crippen molar-refractivity contribution in [3.8, 4) is 0 Å². The van der Waals surface area contributed by atoms with Crippen molar-refractivity contribution >= 4 is 36.2 Å². The van der Waals surface area contributed by atoms with Gasteiger partial charge in [-0.3, -0.25) is 0 Å². The van der Waals surface area contributed by atoms with Gasteiger partial charge in [0.05, 0.1) is 35.0 Å². The number of hydrogen-bond donors (Lipinski definition) is 0. The van der Waals surface area contributed by atoms with E-state index in [0.29, 0.717) is 12.7 Å². The van der Waals surface area contributed by atoms with E-state index in [0.717, 1.165) is 34.5 Å². The normalized spacial score (nSPS) is 12.5. The van der Waals surface area contributed by atoms with Gasteiger partial charge in [0.15, 0.2) is 0 Å². The van der Waals surface area contributed by atoms with E-state index in [4.69, 9.17) is 20.4 Å². The van der Waals surface area contributed by atoms with Crippen LogP contribution < -0.4 is 0 Å². The van der Waals surface area contributed by atoms with Gasteiger partial charge in [0.1, 0.15) is 0 Å². The Hall–Kier alpha value is 1.41. The van der Waals surface area contributed by atoms with Gasteiger partial charge >= 0.3 is 33.0 Å². The first kappa shape index (κ1) is 37.0. The molecule has 0 saturated carbocycles. The van der Waals surface area contributed by atoms with Crippen molar-refractivity contribution in [3.05, 3.63) is 24.3 Å². The van der Waals surface area contributed by atoms with Gasteiger partial charge in [-0.15, -0.1) is 0 Å². The third kappa shape index (κ3) is 27.5. The van der Waals surface area contributed by atoms with Gasteiger partial charge in [-0.05, 0) is 80.1 Å². The predicted molar refractivity (Wildman–Crippen MR) is 156 cm³/mol. The molecule has 0 N–H and O–H groups in total. The Kier molecular flexibility index (Phi) is 29.3. The Balaban J connectivity index is -0.000000448. The number of rotatable bonds is 12. The molecule has 0 aromatic heterocycles. The fourth-order valence-corrected chi connectivity index (χ4v) is 8.88. The van der Waals surface area contributed by atoms with E-state index in [1.165, 1.54) is 25.2 Å². The molecule has 0 aliphatic heterocycles. The van der Waals surface area contributed by atoms with Crippen molar-refractivity contribution in [1.82, 2.24) is 0 Å². The van der Waals surface area contributed by atoms with Crippen molar-refractivity contribution in [2.24, 2.45) is 11.8 Å². The third-order valence-electron chi connectivity index (χ3n) is 5.22. The van der Waals surface area contributed by atoms with Gasteiger partial charge < -0.3 is 0 Å². The van der Waals surface area contributed by atoms with E-state index in [1.807, 2.05) is 0 Å². The second-order valence-corrected chi connectivity index (χ2v) is 19.8. The van der Waals surface area contributed by atoms with Crippen molar-refractivity contribution in [2.75, 3.05) is 12.3 Å². The van der Waals surface area contributed by atoms with E-state index >= 15 is 0 Å². The third-order valence-corrected chi connectivity index (χ3v) is 12.6. The van der Waals surface area contributed by atoms with E-state index in [9.17, 15) is 0 Å². The molecule has 0 aromatic rings. The quantitative estimate of drug-likeness (QED) is 0.127. The van der Waals surface area contributed by atoms with E-state index in [-0.39, 0.29) is 15.8 Å². The summed E-state index contributed by atoms with van der Waals surface area (Å²) in [5.41, 5.74) is 3.62. The van der Waals surface area contributed by atoms with Crippen LogP contribution in [0.4, 0.5) is 0 Å². The van der Waals surface area contributed by atoms with Gasteiger partial charge in [-0.2, -0.15) is 0 Å². The summed E-state index contributed by atoms with van der Waals surface area (Å²) in [5.74, 6) is 1.61. The van der Waals surface area contributed by atoms with Gasteiger partial charge in [0, 0.05) is 15.8 Å². The predicted octanol–water partition coefficient (Wildman–Crippen LogP) is 10.6. The fourth-order valence-electron chi connectivity index (χ4n) is 3.45. The van der Waals surface area contributed by atoms with Crippen LogP contribution in [0.1, 0.15) is 95.9 Å². The zero-order chi connectivity index (χ0) is 25.0. The average molecular weight is 560 g/mol. The van der Waals surface area contributed by atoms with E-state index in [2.05, 4.69) is 107 Å². The molecule has 0 aromatic carbocycles. The standard InChI is InChI=1S/2C13H27P.2ClH.Ni/c2*1-11(2)9-7-8-10-14(12(3)4)13(5)6;;;/h2*7-8,11-13H,9-10H2,1-6H3;2*1H;/q;;;;+2. The van der Waals surface area contributed by atoms with Crippen LogP contribution in [0.3, 0.4) is 0 Å². The molecule has 0 atom stereocenters. The van der Waals surface area contributed by atoms with E-state index < -0.39 is 0 Å². The molecule has 0 aliphatic rings. The zero-order valence-corrected chi connectivity index (χ0v) is 27.2. The average Bonchev–Trinajstić information content (AvgIpc) is 2.60. The van der Waals surface area contributed by atoms with Gasteiger partial charge in [-0.1, -0.05) is 52.0 Å². The summed E-state index contributed by atoms with van der Waals surface area (Å²) in [6.45, 7) is 28.2. The minimum absolute atomic E-state index is 0.163. The molecule has 0 saturated heterocycles. The fraction of sp³-hybridized carbons (Fsp3) is 0.846. The summed E-state index contributed by atoms with van der Waals surface area (Å²) >= 11 is 0.569. The van der Waals surface area contributed by atoms with Crippen LogP contribution in [0.5, 0.6) is 0 Å². The molecule has 0 unspecified atom stereocenters. The first-order chi connectivity index (χ1) is 14.3. The molecular weight excluding hydrogens is 504 g/mol. The molecule has 0 amide bonds. The van der Waals surface area contributed by atoms with Crippen molar-refractivity contribution in [3.63, 3.8) is 0 Å². The molecule has 31 heavy (non-hydrogen) atoms. The Bertz CT molecular complexity index is 366. The number of allylic oxidation sites excluding steroid dienone is 4. The summed E-state index contributed by atoms with van der Waals surface area (Å²) in [4.78, 5) is 0. The molecule has 0 nitrogen and oxygen atoms in total. The van der Waals surface area contributed by atoms with Crippen molar-refractivity contribution in [2.45, 2.75) is 119 Å². The molecule has 0 fully saturated rings. The van der Waals surface area contributed by atoms with Crippen LogP contribution >= 0.6 is 36.2 Å². The molecule has 0 heterocycles. The summed E-state index contributed by atoms with van der Waals surface area (Å²) in [7, 11) is 9.08.